The van der Waals surface area contributed by atoms with Gasteiger partial charge >= 0.3 is 0 Å². The van der Waals surface area contributed by atoms with Gasteiger partial charge < -0.3 is 5.32 Å². The smallest absolute Gasteiger partial charge is 0.255 e. The third-order valence-electron chi connectivity index (χ3n) is 7.01. The van der Waals surface area contributed by atoms with Crippen LogP contribution in [0.2, 0.25) is 10.0 Å². The first-order chi connectivity index (χ1) is 21.6. The predicted octanol–water partition coefficient (Wildman–Crippen LogP) is 8.61. The summed E-state index contributed by atoms with van der Waals surface area (Å²) in [7, 11) is -3.33. The molecule has 11 heteroatoms. The van der Waals surface area contributed by atoms with Crippen LogP contribution in [0.5, 0.6) is 0 Å². The van der Waals surface area contributed by atoms with Gasteiger partial charge in [-0.1, -0.05) is 59.6 Å². The van der Waals surface area contributed by atoms with Crippen LogP contribution >= 0.6 is 34.5 Å². The van der Waals surface area contributed by atoms with E-state index in [2.05, 4.69) is 20.3 Å². The maximum Gasteiger partial charge on any atom is 0.255 e. The highest BCUT2D eigenvalue weighted by Crippen LogP contribution is 2.34. The molecule has 0 aliphatic carbocycles. The summed E-state index contributed by atoms with van der Waals surface area (Å²) in [6.07, 6.45) is 9.58. The molecule has 0 radical (unpaired) electrons. The molecule has 1 N–H and O–H groups in total. The second kappa shape index (κ2) is 12.5. The lowest BCUT2D eigenvalue weighted by Crippen LogP contribution is -2.13. The molecule has 3 heterocycles. The summed E-state index contributed by atoms with van der Waals surface area (Å²) >= 11 is 14.1. The second-order valence-corrected chi connectivity index (χ2v) is 14.4. The molecule has 0 aliphatic rings. The predicted molar refractivity (Wildman–Crippen MR) is 183 cm³/mol. The van der Waals surface area contributed by atoms with E-state index < -0.39 is 9.84 Å². The Hall–Kier alpha value is -4.41. The van der Waals surface area contributed by atoms with E-state index in [1.807, 2.05) is 55.6 Å². The van der Waals surface area contributed by atoms with E-state index in [0.717, 1.165) is 48.6 Å². The highest BCUT2D eigenvalue weighted by atomic mass is 35.5. The summed E-state index contributed by atoms with van der Waals surface area (Å²) in [5, 5.41) is 4.87. The summed E-state index contributed by atoms with van der Waals surface area (Å²) in [6.45, 7) is 1.99. The van der Waals surface area contributed by atoms with E-state index in [4.69, 9.17) is 23.2 Å². The van der Waals surface area contributed by atoms with E-state index in [0.29, 0.717) is 5.56 Å². The number of fused-ring (bicyclic) bond motifs is 1. The minimum Gasteiger partial charge on any atom is -0.319 e. The lowest BCUT2D eigenvalue weighted by molar-refractivity contribution is 0.102. The fourth-order valence-corrected chi connectivity index (χ4v) is 6.74. The average Bonchev–Trinajstić information content (AvgIpc) is 3.46. The fourth-order valence-electron chi connectivity index (χ4n) is 4.85. The number of carbonyl (C=O) groups is 1. The lowest BCUT2D eigenvalue weighted by Gasteiger charge is -2.13. The Kier molecular flexibility index (Phi) is 8.52. The number of hydrogen-bond donors (Lipinski definition) is 1. The summed E-state index contributed by atoms with van der Waals surface area (Å²) in [5.74, 6) is -0.382. The van der Waals surface area contributed by atoms with E-state index >= 15 is 0 Å². The molecule has 3 aromatic heterocycles. The van der Waals surface area contributed by atoms with Gasteiger partial charge in [0, 0.05) is 58.0 Å². The molecule has 7 nitrogen and oxygen atoms in total. The minimum atomic E-state index is -3.33. The molecule has 0 saturated heterocycles. The first-order valence-corrected chi connectivity index (χ1v) is 17.1. The van der Waals surface area contributed by atoms with Crippen LogP contribution in [0.3, 0.4) is 0 Å². The quantitative estimate of drug-likeness (QED) is 0.171. The summed E-state index contributed by atoms with van der Waals surface area (Å²) < 4.78 is 24.1. The molecular weight excluding hydrogens is 647 g/mol. The highest BCUT2D eigenvalue weighted by molar-refractivity contribution is 7.90. The van der Waals surface area contributed by atoms with Crippen molar-refractivity contribution in [1.82, 2.24) is 15.0 Å². The van der Waals surface area contributed by atoms with Gasteiger partial charge in [0.15, 0.2) is 9.84 Å². The SMILES string of the molecule is Cc1cnc(/C(=C\c2cccc(-c3cc(C(=O)Nc4c(Cl)cncc4Cl)cc4cccnc34)c2)c2ccc(S(C)(=O)=O)cc2)s1. The molecular formula is C34H24Cl2N4O3S2. The Morgan fingerprint density at radius 3 is 2.33 bits per heavy atom. The number of rotatable bonds is 7. The molecule has 45 heavy (non-hydrogen) atoms. The third-order valence-corrected chi connectivity index (χ3v) is 9.66. The number of carbonyl (C=O) groups excluding carboxylic acids is 1. The van der Waals surface area contributed by atoms with Crippen LogP contribution in [0.1, 0.15) is 31.4 Å². The van der Waals surface area contributed by atoms with Crippen molar-refractivity contribution >= 4 is 78.5 Å². The van der Waals surface area contributed by atoms with Crippen molar-refractivity contribution < 1.29 is 13.2 Å². The number of halogens is 2. The Balaban J connectivity index is 1.44. The van der Waals surface area contributed by atoms with Crippen molar-refractivity contribution in [3.05, 3.63) is 134 Å². The van der Waals surface area contributed by atoms with E-state index in [1.54, 1.807) is 53.9 Å². The monoisotopic (exact) mass is 670 g/mol. The van der Waals surface area contributed by atoms with Crippen molar-refractivity contribution in [2.75, 3.05) is 11.6 Å². The van der Waals surface area contributed by atoms with Gasteiger partial charge in [-0.25, -0.2) is 13.4 Å². The van der Waals surface area contributed by atoms with Crippen molar-refractivity contribution in [2.45, 2.75) is 11.8 Å². The first-order valence-electron chi connectivity index (χ1n) is 13.6. The van der Waals surface area contributed by atoms with Crippen molar-refractivity contribution in [3.8, 4) is 11.1 Å². The van der Waals surface area contributed by atoms with Crippen LogP contribution in [0.15, 0.2) is 102 Å². The molecule has 0 bridgehead atoms. The third kappa shape index (κ3) is 6.67. The first kappa shape index (κ1) is 30.6. The molecule has 0 saturated carbocycles. The zero-order chi connectivity index (χ0) is 31.7. The van der Waals surface area contributed by atoms with Gasteiger partial charge in [-0.3, -0.25) is 14.8 Å². The number of pyridine rings is 2. The molecule has 0 aliphatic heterocycles. The molecule has 1 amide bonds. The number of thiazole rings is 1. The van der Waals surface area contributed by atoms with Gasteiger partial charge in [-0.2, -0.15) is 0 Å². The van der Waals surface area contributed by atoms with E-state index in [1.165, 1.54) is 18.6 Å². The number of nitrogens with zero attached hydrogens (tertiary/aromatic N) is 3. The molecule has 0 atom stereocenters. The van der Waals surface area contributed by atoms with Crippen LogP contribution in [0, 0.1) is 6.92 Å². The molecule has 224 valence electrons. The number of aryl methyl sites for hydroxylation is 1. The topological polar surface area (TPSA) is 102 Å². The van der Waals surface area contributed by atoms with Crippen LogP contribution in [-0.2, 0) is 9.84 Å². The minimum absolute atomic E-state index is 0.232. The van der Waals surface area contributed by atoms with E-state index in [-0.39, 0.29) is 26.5 Å². The molecule has 0 spiro atoms. The summed E-state index contributed by atoms with van der Waals surface area (Å²) in [5.41, 5.74) is 5.62. The van der Waals surface area contributed by atoms with Gasteiger partial charge in [-0.05, 0) is 66.1 Å². The van der Waals surface area contributed by atoms with E-state index in [9.17, 15) is 13.2 Å². The number of nitrogens with one attached hydrogen (secondary N) is 1. The summed E-state index contributed by atoms with van der Waals surface area (Å²) in [6, 6.07) is 22.0. The Morgan fingerprint density at radius 1 is 0.889 bits per heavy atom. The molecule has 0 fully saturated rings. The zero-order valence-electron chi connectivity index (χ0n) is 24.0. The molecule has 0 unspecified atom stereocenters. The number of benzene rings is 3. The number of hydrogen-bond acceptors (Lipinski definition) is 7. The van der Waals surface area contributed by atoms with Crippen LogP contribution < -0.4 is 5.32 Å². The maximum absolute atomic E-state index is 13.4. The lowest BCUT2D eigenvalue weighted by atomic mass is 9.96. The standard InChI is InChI=1S/C34H24Cl2N4O3S2/c1-20-17-39-34(44-20)28(22-8-10-26(11-9-22)45(2,42)43)14-21-5-3-6-23(13-21)27-16-25(15-24-7-4-12-38-31(24)27)33(41)40-32-29(35)18-37-19-30(32)36/h3-19H,1-2H3,(H,37,40,41)/b28-14-. The molecule has 6 rings (SSSR count). The van der Waals surface area contributed by atoms with Crippen molar-refractivity contribution in [3.63, 3.8) is 0 Å². The van der Waals surface area contributed by atoms with Gasteiger partial charge in [-0.15, -0.1) is 11.3 Å². The number of aromatic nitrogens is 3. The normalized spacial score (nSPS) is 12.0. The van der Waals surface area contributed by atoms with Crippen LogP contribution in [-0.4, -0.2) is 35.5 Å². The number of anilines is 1. The number of sulfone groups is 1. The Bertz CT molecular complexity index is 2210. The molecule has 3 aromatic carbocycles. The Labute approximate surface area is 274 Å². The van der Waals surface area contributed by atoms with Gasteiger partial charge in [0.25, 0.3) is 5.91 Å². The average molecular weight is 672 g/mol. The molecule has 6 aromatic rings. The summed E-state index contributed by atoms with van der Waals surface area (Å²) in [4.78, 5) is 27.9. The number of amides is 1. The van der Waals surface area contributed by atoms with Gasteiger partial charge in [0.05, 0.1) is 26.1 Å². The van der Waals surface area contributed by atoms with Gasteiger partial charge in [0.1, 0.15) is 5.01 Å². The van der Waals surface area contributed by atoms with Gasteiger partial charge in [0.2, 0.25) is 0 Å². The van der Waals surface area contributed by atoms with Crippen LogP contribution in [0.4, 0.5) is 5.69 Å². The zero-order valence-corrected chi connectivity index (χ0v) is 27.1. The van der Waals surface area contributed by atoms with Crippen LogP contribution in [0.25, 0.3) is 33.7 Å². The fraction of sp³-hybridized carbons (Fsp3) is 0.0588. The Morgan fingerprint density at radius 2 is 1.64 bits per heavy atom. The van der Waals surface area contributed by atoms with Crippen molar-refractivity contribution in [1.29, 1.82) is 0 Å². The highest BCUT2D eigenvalue weighted by Gasteiger charge is 2.17. The second-order valence-electron chi connectivity index (χ2n) is 10.3. The largest absolute Gasteiger partial charge is 0.319 e. The van der Waals surface area contributed by atoms with Crippen molar-refractivity contribution in [2.24, 2.45) is 0 Å². The maximum atomic E-state index is 13.4.